The Balaban J connectivity index is 1.71. The van der Waals surface area contributed by atoms with E-state index in [2.05, 4.69) is 25.4 Å². The van der Waals surface area contributed by atoms with Crippen LogP contribution in [0.1, 0.15) is 11.1 Å². The number of rotatable bonds is 7. The van der Waals surface area contributed by atoms with E-state index in [4.69, 9.17) is 0 Å². The van der Waals surface area contributed by atoms with Crippen molar-refractivity contribution in [1.29, 1.82) is 0 Å². The maximum Gasteiger partial charge on any atom is 0.416 e. The molecule has 1 heterocycles. The van der Waals surface area contributed by atoms with Gasteiger partial charge in [-0.25, -0.2) is 17.5 Å². The average Bonchev–Trinajstić information content (AvgIpc) is 3.29. The first-order valence-corrected chi connectivity index (χ1v) is 11.6. The maximum atomic E-state index is 14.0. The van der Waals surface area contributed by atoms with E-state index in [9.17, 15) is 26.0 Å². The minimum absolute atomic E-state index is 0.0180. The zero-order valence-corrected chi connectivity index (χ0v) is 18.9. The number of hydrogen-bond donors (Lipinski definition) is 2. The first kappa shape index (κ1) is 24.3. The summed E-state index contributed by atoms with van der Waals surface area (Å²) in [6.07, 6.45) is -4.48. The molecule has 0 aliphatic heterocycles. The minimum atomic E-state index is -4.48. The number of aromatic nitrogens is 4. The van der Waals surface area contributed by atoms with Crippen LogP contribution in [0.3, 0.4) is 0 Å². The Labute approximate surface area is 197 Å². The molecular weight excluding hydrogens is 488 g/mol. The molecule has 0 fully saturated rings. The van der Waals surface area contributed by atoms with Crippen LogP contribution in [-0.2, 0) is 22.7 Å². The van der Waals surface area contributed by atoms with Crippen LogP contribution >= 0.6 is 0 Å². The number of nitrogens with one attached hydrogen (secondary N) is 2. The second-order valence-electron chi connectivity index (χ2n) is 7.35. The molecule has 35 heavy (non-hydrogen) atoms. The summed E-state index contributed by atoms with van der Waals surface area (Å²) in [5.41, 5.74) is 0.385. The molecule has 182 valence electrons. The highest BCUT2D eigenvalue weighted by Crippen LogP contribution is 2.33. The predicted molar refractivity (Wildman–Crippen MR) is 120 cm³/mol. The Morgan fingerprint density at radius 2 is 1.71 bits per heavy atom. The molecule has 3 aromatic carbocycles. The van der Waals surface area contributed by atoms with Gasteiger partial charge in [-0.3, -0.25) is 0 Å². The summed E-state index contributed by atoms with van der Waals surface area (Å²) in [7, 11) is -2.57. The zero-order valence-electron chi connectivity index (χ0n) is 18.1. The fourth-order valence-electron chi connectivity index (χ4n) is 3.20. The second kappa shape index (κ2) is 9.43. The van der Waals surface area contributed by atoms with Gasteiger partial charge in [-0.05, 0) is 60.8 Å². The molecule has 2 N–H and O–H groups in total. The minimum Gasteiger partial charge on any atom is -0.355 e. The summed E-state index contributed by atoms with van der Waals surface area (Å²) in [6.45, 7) is -0.0180. The van der Waals surface area contributed by atoms with Gasteiger partial charge in [-0.1, -0.05) is 18.2 Å². The van der Waals surface area contributed by atoms with E-state index in [1.807, 2.05) is 0 Å². The fraction of sp³-hybridized carbons (Fsp3) is 0.136. The molecule has 1 aromatic heterocycles. The van der Waals surface area contributed by atoms with Crippen LogP contribution in [0.15, 0.2) is 71.6 Å². The standard InChI is InChI=1S/C22H18F4N6O2S/c1-27-35(33,34)17-10-11-20(28-16-8-6-15(7-9-16)22(24,25)26)18(12-17)21-29-31-32(30-21)13-14-4-2-3-5-19(14)23/h2-12,27-28H,13H2,1H3. The molecule has 0 bridgehead atoms. The lowest BCUT2D eigenvalue weighted by Crippen LogP contribution is -2.18. The van der Waals surface area contributed by atoms with Crippen molar-refractivity contribution in [2.75, 3.05) is 12.4 Å². The van der Waals surface area contributed by atoms with Crippen molar-refractivity contribution in [2.45, 2.75) is 17.6 Å². The van der Waals surface area contributed by atoms with Gasteiger partial charge in [0.05, 0.1) is 17.0 Å². The Hall–Kier alpha value is -3.84. The number of tetrazole rings is 1. The van der Waals surface area contributed by atoms with Gasteiger partial charge in [0, 0.05) is 22.5 Å². The highest BCUT2D eigenvalue weighted by atomic mass is 32.2. The van der Waals surface area contributed by atoms with E-state index in [0.29, 0.717) is 16.9 Å². The first-order valence-electron chi connectivity index (χ1n) is 10.1. The largest absolute Gasteiger partial charge is 0.416 e. The lowest BCUT2D eigenvalue weighted by atomic mass is 10.1. The molecule has 0 aliphatic rings. The predicted octanol–water partition coefficient (Wildman–Crippen LogP) is 4.20. The number of hydrogen-bond acceptors (Lipinski definition) is 6. The zero-order chi connectivity index (χ0) is 25.2. The lowest BCUT2D eigenvalue weighted by Gasteiger charge is -2.13. The van der Waals surface area contributed by atoms with Crippen LogP contribution < -0.4 is 10.0 Å². The summed E-state index contributed by atoms with van der Waals surface area (Å²) in [5.74, 6) is -0.415. The summed E-state index contributed by atoms with van der Waals surface area (Å²) in [4.78, 5) is 1.06. The monoisotopic (exact) mass is 506 g/mol. The third kappa shape index (κ3) is 5.46. The van der Waals surface area contributed by atoms with Gasteiger partial charge in [-0.15, -0.1) is 10.2 Å². The van der Waals surface area contributed by atoms with Gasteiger partial charge in [0.25, 0.3) is 0 Å². The highest BCUT2D eigenvalue weighted by Gasteiger charge is 2.30. The van der Waals surface area contributed by atoms with Crippen LogP contribution in [0, 0.1) is 5.82 Å². The third-order valence-corrected chi connectivity index (χ3v) is 6.44. The summed E-state index contributed by atoms with van der Waals surface area (Å²) < 4.78 is 79.5. The Bertz CT molecular complexity index is 1450. The molecule has 0 aliphatic carbocycles. The molecule has 13 heteroatoms. The van der Waals surface area contributed by atoms with E-state index in [1.54, 1.807) is 18.2 Å². The number of alkyl halides is 3. The van der Waals surface area contributed by atoms with Crippen LogP contribution in [0.2, 0.25) is 0 Å². The molecule has 0 saturated heterocycles. The van der Waals surface area contributed by atoms with E-state index in [1.165, 1.54) is 43.4 Å². The quantitative estimate of drug-likeness (QED) is 0.365. The molecule has 0 unspecified atom stereocenters. The van der Waals surface area contributed by atoms with E-state index in [0.717, 1.165) is 16.9 Å². The Kier molecular flexibility index (Phi) is 6.54. The molecule has 0 spiro atoms. The van der Waals surface area contributed by atoms with Crippen LogP contribution in [-0.4, -0.2) is 35.7 Å². The summed E-state index contributed by atoms with van der Waals surface area (Å²) in [5, 5.41) is 15.1. The molecule has 0 radical (unpaired) electrons. The van der Waals surface area contributed by atoms with Gasteiger partial charge in [0.15, 0.2) is 0 Å². The van der Waals surface area contributed by atoms with Crippen LogP contribution in [0.4, 0.5) is 28.9 Å². The van der Waals surface area contributed by atoms with E-state index < -0.39 is 27.6 Å². The Morgan fingerprint density at radius 1 is 1.00 bits per heavy atom. The molecule has 4 rings (SSSR count). The number of anilines is 2. The number of sulfonamides is 1. The summed E-state index contributed by atoms with van der Waals surface area (Å²) >= 11 is 0. The van der Waals surface area contributed by atoms with E-state index >= 15 is 0 Å². The van der Waals surface area contributed by atoms with Crippen molar-refractivity contribution in [2.24, 2.45) is 0 Å². The van der Waals surface area contributed by atoms with Gasteiger partial charge >= 0.3 is 6.18 Å². The molecule has 8 nitrogen and oxygen atoms in total. The molecular formula is C22H18F4N6O2S. The number of halogens is 4. The van der Waals surface area contributed by atoms with Gasteiger partial charge in [-0.2, -0.15) is 18.0 Å². The van der Waals surface area contributed by atoms with Crippen LogP contribution in [0.5, 0.6) is 0 Å². The SMILES string of the molecule is CNS(=O)(=O)c1ccc(Nc2ccc(C(F)(F)F)cc2)c(-c2nnn(Cc3ccccc3F)n2)c1. The van der Waals surface area contributed by atoms with Crippen LogP contribution in [0.25, 0.3) is 11.4 Å². The van der Waals surface area contributed by atoms with Crippen molar-refractivity contribution < 1.29 is 26.0 Å². The van der Waals surface area contributed by atoms with Gasteiger partial charge < -0.3 is 5.32 Å². The normalized spacial score (nSPS) is 12.0. The van der Waals surface area contributed by atoms with Crippen molar-refractivity contribution in [3.8, 4) is 11.4 Å². The molecule has 0 atom stereocenters. The van der Waals surface area contributed by atoms with E-state index in [-0.39, 0.29) is 22.8 Å². The van der Waals surface area contributed by atoms with Crippen molar-refractivity contribution in [3.05, 3.63) is 83.7 Å². The molecule has 0 amide bonds. The average molecular weight is 506 g/mol. The highest BCUT2D eigenvalue weighted by molar-refractivity contribution is 7.89. The number of benzene rings is 3. The summed E-state index contributed by atoms with van der Waals surface area (Å²) in [6, 6.07) is 14.5. The van der Waals surface area contributed by atoms with Crippen molar-refractivity contribution >= 4 is 21.4 Å². The second-order valence-corrected chi connectivity index (χ2v) is 9.24. The van der Waals surface area contributed by atoms with Gasteiger partial charge in [0.1, 0.15) is 5.82 Å². The third-order valence-electron chi connectivity index (χ3n) is 5.02. The topological polar surface area (TPSA) is 102 Å². The van der Waals surface area contributed by atoms with Crippen molar-refractivity contribution in [1.82, 2.24) is 24.9 Å². The first-order chi connectivity index (χ1) is 16.6. The molecule has 0 saturated carbocycles. The fourth-order valence-corrected chi connectivity index (χ4v) is 3.95. The lowest BCUT2D eigenvalue weighted by molar-refractivity contribution is -0.137. The smallest absolute Gasteiger partial charge is 0.355 e. The molecule has 4 aromatic rings. The van der Waals surface area contributed by atoms with Crippen molar-refractivity contribution in [3.63, 3.8) is 0 Å². The number of nitrogens with zero attached hydrogens (tertiary/aromatic N) is 4. The Morgan fingerprint density at radius 3 is 2.37 bits per heavy atom. The van der Waals surface area contributed by atoms with Gasteiger partial charge in [0.2, 0.25) is 15.8 Å². The maximum absolute atomic E-state index is 14.0.